The van der Waals surface area contributed by atoms with Gasteiger partial charge in [-0.1, -0.05) is 12.1 Å². The molecule has 0 aliphatic carbocycles. The molecule has 0 saturated carbocycles. The number of benzene rings is 2. The van der Waals surface area contributed by atoms with Crippen LogP contribution in [0.25, 0.3) is 33.2 Å². The van der Waals surface area contributed by atoms with E-state index < -0.39 is 0 Å². The van der Waals surface area contributed by atoms with Gasteiger partial charge in [-0.15, -0.1) is 0 Å². The van der Waals surface area contributed by atoms with Crippen LogP contribution in [0.15, 0.2) is 39.9 Å². The number of carbonyl (C=O) groups is 1. The lowest BCUT2D eigenvalue weighted by atomic mass is 10.1. The minimum absolute atomic E-state index is 0.0540. The molecule has 3 aliphatic rings. The number of hydrogen-bond donors (Lipinski definition) is 2. The standard InChI is InChI=1S/C25H24N6O4/c32-20-5-2-7-30(20)14-11-18-23-19(12-14)35-15-6-8-29(13-15)9-10-31-25(34)17-4-1-3-16(21(17)28-31)22(27-23)24(33)26-18/h1,3-4,11-12,15,28H,2,5-10,13H2,(H,26,33)/t15-/m0/s1. The Kier molecular flexibility index (Phi) is 4.41. The molecule has 10 heteroatoms. The van der Waals surface area contributed by atoms with Crippen molar-refractivity contribution in [3.8, 4) is 17.0 Å². The second-order valence-corrected chi connectivity index (χ2v) is 9.53. The molecule has 3 aliphatic heterocycles. The van der Waals surface area contributed by atoms with Crippen molar-refractivity contribution in [3.05, 3.63) is 51.0 Å². The van der Waals surface area contributed by atoms with E-state index in [1.54, 1.807) is 33.8 Å². The van der Waals surface area contributed by atoms with Crippen LogP contribution in [-0.2, 0) is 11.3 Å². The van der Waals surface area contributed by atoms with E-state index in [0.717, 1.165) is 25.9 Å². The van der Waals surface area contributed by atoms with Crippen molar-refractivity contribution in [1.82, 2.24) is 24.6 Å². The van der Waals surface area contributed by atoms with Crippen LogP contribution < -0.4 is 20.8 Å². The number of rotatable bonds is 1. The number of para-hydroxylation sites is 1. The summed E-state index contributed by atoms with van der Waals surface area (Å²) in [5, 5.41) is 3.74. The zero-order valence-electron chi connectivity index (χ0n) is 19.0. The third kappa shape index (κ3) is 3.20. The molecule has 2 saturated heterocycles. The maximum absolute atomic E-state index is 13.3. The summed E-state index contributed by atoms with van der Waals surface area (Å²) >= 11 is 0. The summed E-state index contributed by atoms with van der Waals surface area (Å²) in [6, 6.07) is 9.00. The number of H-pyrrole nitrogens is 2. The molecule has 7 rings (SSSR count). The number of hydrogen-bond acceptors (Lipinski definition) is 6. The van der Waals surface area contributed by atoms with Crippen LogP contribution in [0.2, 0.25) is 0 Å². The highest BCUT2D eigenvalue weighted by atomic mass is 16.5. The number of ether oxygens (including phenoxy) is 1. The SMILES string of the molecule is O=C1CCCN1c1cc2c3nc(c(=O)[nH]c3c1)-c1cccc3c(=O)n([nH]c13)CCN1CC[C@@H](C1)O2. The van der Waals surface area contributed by atoms with Crippen molar-refractivity contribution in [3.63, 3.8) is 0 Å². The topological polar surface area (TPSA) is 116 Å². The number of carbonyl (C=O) groups excluding carboxylic acids is 1. The molecule has 0 radical (unpaired) electrons. The maximum atomic E-state index is 13.3. The first kappa shape index (κ1) is 20.5. The fourth-order valence-electron chi connectivity index (χ4n) is 5.55. The Hall–Kier alpha value is -3.92. The molecule has 2 aromatic heterocycles. The maximum Gasteiger partial charge on any atom is 0.275 e. The van der Waals surface area contributed by atoms with Gasteiger partial charge in [0.2, 0.25) is 5.91 Å². The van der Waals surface area contributed by atoms with E-state index in [9.17, 15) is 14.4 Å². The molecule has 1 amide bonds. The van der Waals surface area contributed by atoms with Gasteiger partial charge in [-0.2, -0.15) is 0 Å². The summed E-state index contributed by atoms with van der Waals surface area (Å²) in [4.78, 5) is 50.5. The van der Waals surface area contributed by atoms with Crippen molar-refractivity contribution < 1.29 is 9.53 Å². The largest absolute Gasteiger partial charge is 0.487 e. The third-order valence-electron chi connectivity index (χ3n) is 7.34. The highest BCUT2D eigenvalue weighted by Crippen LogP contribution is 2.34. The number of aromatic amines is 2. The van der Waals surface area contributed by atoms with Gasteiger partial charge in [-0.05, 0) is 25.0 Å². The van der Waals surface area contributed by atoms with Crippen molar-refractivity contribution in [2.45, 2.75) is 31.9 Å². The van der Waals surface area contributed by atoms with E-state index >= 15 is 0 Å². The van der Waals surface area contributed by atoms with Gasteiger partial charge in [-0.3, -0.25) is 29.1 Å². The number of nitrogens with one attached hydrogen (secondary N) is 2. The van der Waals surface area contributed by atoms with E-state index in [1.165, 1.54) is 0 Å². The van der Waals surface area contributed by atoms with Crippen molar-refractivity contribution in [2.24, 2.45) is 0 Å². The third-order valence-corrected chi connectivity index (χ3v) is 7.34. The van der Waals surface area contributed by atoms with Crippen LogP contribution in [-0.4, -0.2) is 62.8 Å². The van der Waals surface area contributed by atoms with E-state index in [2.05, 4.69) is 15.0 Å². The zero-order valence-corrected chi connectivity index (χ0v) is 19.0. The average molecular weight is 473 g/mol. The first-order chi connectivity index (χ1) is 17.0. The van der Waals surface area contributed by atoms with Crippen LogP contribution >= 0.6 is 0 Å². The Morgan fingerprint density at radius 2 is 1.97 bits per heavy atom. The molecule has 4 aromatic rings. The Labute approximate surface area is 199 Å². The zero-order chi connectivity index (χ0) is 23.7. The van der Waals surface area contributed by atoms with Gasteiger partial charge in [0.25, 0.3) is 11.1 Å². The van der Waals surface area contributed by atoms with Gasteiger partial charge < -0.3 is 14.6 Å². The fraction of sp³-hybridized carbons (Fsp3) is 0.360. The van der Waals surface area contributed by atoms with Crippen LogP contribution in [0.1, 0.15) is 19.3 Å². The number of nitrogens with zero attached hydrogens (tertiary/aromatic N) is 4. The molecule has 5 heterocycles. The first-order valence-electron chi connectivity index (χ1n) is 12.0. The predicted molar refractivity (Wildman–Crippen MR) is 131 cm³/mol. The lowest BCUT2D eigenvalue weighted by Gasteiger charge is -2.21. The lowest BCUT2D eigenvalue weighted by molar-refractivity contribution is -0.117. The molecule has 10 nitrogen and oxygen atoms in total. The molecule has 1 unspecified atom stereocenters. The minimum atomic E-state index is -0.367. The average Bonchev–Trinajstić information content (AvgIpc) is 3.56. The van der Waals surface area contributed by atoms with Gasteiger partial charge in [-0.25, -0.2) is 4.98 Å². The highest BCUT2D eigenvalue weighted by Gasteiger charge is 2.28. The van der Waals surface area contributed by atoms with Gasteiger partial charge >= 0.3 is 0 Å². The second-order valence-electron chi connectivity index (χ2n) is 9.53. The van der Waals surface area contributed by atoms with Crippen molar-refractivity contribution in [2.75, 3.05) is 31.1 Å². The van der Waals surface area contributed by atoms with Gasteiger partial charge in [0.05, 0.1) is 23.0 Å². The smallest absolute Gasteiger partial charge is 0.275 e. The molecule has 178 valence electrons. The Morgan fingerprint density at radius 3 is 2.83 bits per heavy atom. The van der Waals surface area contributed by atoms with Crippen LogP contribution in [0, 0.1) is 0 Å². The molecule has 2 fully saturated rings. The van der Waals surface area contributed by atoms with E-state index in [0.29, 0.717) is 65.0 Å². The lowest BCUT2D eigenvalue weighted by Crippen LogP contribution is -2.30. The van der Waals surface area contributed by atoms with Crippen LogP contribution in [0.5, 0.6) is 5.75 Å². The first-order valence-corrected chi connectivity index (χ1v) is 12.0. The number of aromatic nitrogens is 4. The number of amides is 1. The molecule has 2 N–H and O–H groups in total. The van der Waals surface area contributed by atoms with E-state index in [4.69, 9.17) is 9.72 Å². The minimum Gasteiger partial charge on any atom is -0.487 e. The molecular formula is C25H24N6O4. The van der Waals surface area contributed by atoms with E-state index in [1.807, 2.05) is 6.07 Å². The van der Waals surface area contributed by atoms with E-state index in [-0.39, 0.29) is 28.8 Å². The van der Waals surface area contributed by atoms with Gasteiger partial charge in [0, 0.05) is 49.9 Å². The summed E-state index contributed by atoms with van der Waals surface area (Å²) in [5.41, 5.74) is 2.65. The van der Waals surface area contributed by atoms with Crippen molar-refractivity contribution in [1.29, 1.82) is 0 Å². The quantitative estimate of drug-likeness (QED) is 0.437. The Balaban J connectivity index is 1.50. The summed E-state index contributed by atoms with van der Waals surface area (Å²) in [6.45, 7) is 3.46. The second kappa shape index (κ2) is 7.54. The van der Waals surface area contributed by atoms with Crippen LogP contribution in [0.3, 0.4) is 0 Å². The highest BCUT2D eigenvalue weighted by molar-refractivity contribution is 5.99. The molecule has 2 atom stereocenters. The molecule has 0 spiro atoms. The normalized spacial score (nSPS) is 21.8. The predicted octanol–water partition coefficient (Wildman–Crippen LogP) is 1.83. The summed E-state index contributed by atoms with van der Waals surface area (Å²) in [7, 11) is 0. The fourth-order valence-corrected chi connectivity index (χ4v) is 5.55. The summed E-state index contributed by atoms with van der Waals surface area (Å²) in [6.07, 6.45) is 2.11. The summed E-state index contributed by atoms with van der Waals surface area (Å²) in [5.74, 6) is 0.619. The number of fused-ring (bicyclic) bond motifs is 5. The monoisotopic (exact) mass is 472 g/mol. The molecule has 2 aromatic carbocycles. The van der Waals surface area contributed by atoms with Crippen LogP contribution in [0.4, 0.5) is 5.69 Å². The van der Waals surface area contributed by atoms with Gasteiger partial charge in [0.1, 0.15) is 23.1 Å². The molecular weight excluding hydrogens is 448 g/mol. The number of anilines is 1. The summed E-state index contributed by atoms with van der Waals surface area (Å²) < 4.78 is 8.09. The Bertz CT molecular complexity index is 1630. The molecule has 35 heavy (non-hydrogen) atoms. The Morgan fingerprint density at radius 1 is 1.06 bits per heavy atom. The van der Waals surface area contributed by atoms with Gasteiger partial charge in [0.15, 0.2) is 0 Å². The molecule has 6 bridgehead atoms. The van der Waals surface area contributed by atoms with Crippen molar-refractivity contribution >= 4 is 33.5 Å².